The number of hydrogen-bond donors (Lipinski definition) is 0. The lowest BCUT2D eigenvalue weighted by atomic mass is 10.2. The zero-order chi connectivity index (χ0) is 15.6. The van der Waals surface area contributed by atoms with Gasteiger partial charge in [0.25, 0.3) is 0 Å². The highest BCUT2D eigenvalue weighted by Crippen LogP contribution is 2.48. The van der Waals surface area contributed by atoms with E-state index in [-0.39, 0.29) is 5.92 Å². The lowest BCUT2D eigenvalue weighted by molar-refractivity contribution is -0.132. The maximum atomic E-state index is 12.7. The van der Waals surface area contributed by atoms with Crippen LogP contribution >= 0.6 is 11.3 Å². The molecule has 2 aromatic rings. The molecule has 0 unspecified atom stereocenters. The Hall–Kier alpha value is -1.66. The Balaban J connectivity index is 1.31. The van der Waals surface area contributed by atoms with Crippen LogP contribution in [-0.2, 0) is 11.3 Å². The first-order valence-electron chi connectivity index (χ1n) is 8.23. The molecule has 6 heteroatoms. The van der Waals surface area contributed by atoms with Crippen LogP contribution in [0, 0.1) is 5.92 Å². The quantitative estimate of drug-likeness (QED) is 0.864. The van der Waals surface area contributed by atoms with Gasteiger partial charge in [-0.15, -0.1) is 11.3 Å². The van der Waals surface area contributed by atoms with E-state index in [1.807, 2.05) is 17.6 Å². The Morgan fingerprint density at radius 1 is 1.35 bits per heavy atom. The molecule has 1 aliphatic carbocycles. The molecule has 0 spiro atoms. The summed E-state index contributed by atoms with van der Waals surface area (Å²) in [6.45, 7) is 4.55. The summed E-state index contributed by atoms with van der Waals surface area (Å²) in [6.07, 6.45) is 3.66. The number of thiazole rings is 1. The highest BCUT2D eigenvalue weighted by molar-refractivity contribution is 7.07. The molecule has 0 N–H and O–H groups in total. The van der Waals surface area contributed by atoms with E-state index in [0.29, 0.717) is 11.8 Å². The molecule has 5 nitrogen and oxygen atoms in total. The van der Waals surface area contributed by atoms with Gasteiger partial charge in [-0.05, 0) is 25.0 Å². The van der Waals surface area contributed by atoms with Crippen molar-refractivity contribution in [3.63, 3.8) is 0 Å². The monoisotopic (exact) mass is 331 g/mol. The van der Waals surface area contributed by atoms with E-state index in [1.165, 1.54) is 0 Å². The third-order valence-electron chi connectivity index (χ3n) is 4.79. The summed E-state index contributed by atoms with van der Waals surface area (Å²) in [5, 5.41) is 2.10. The van der Waals surface area contributed by atoms with Crippen molar-refractivity contribution in [1.29, 1.82) is 0 Å². The van der Waals surface area contributed by atoms with Crippen molar-refractivity contribution in [1.82, 2.24) is 14.8 Å². The van der Waals surface area contributed by atoms with Crippen LogP contribution in [0.3, 0.4) is 0 Å². The van der Waals surface area contributed by atoms with Gasteiger partial charge in [0.05, 0.1) is 17.5 Å². The molecule has 1 aliphatic heterocycles. The number of carbonyl (C=O) groups excluding carboxylic acids is 1. The van der Waals surface area contributed by atoms with Crippen LogP contribution in [-0.4, -0.2) is 46.9 Å². The minimum Gasteiger partial charge on any atom is -0.469 e. The highest BCUT2D eigenvalue weighted by atomic mass is 32.1. The fraction of sp³-hybridized carbons (Fsp3) is 0.529. The first-order chi connectivity index (χ1) is 11.3. The van der Waals surface area contributed by atoms with Crippen LogP contribution in [0.15, 0.2) is 33.7 Å². The minimum absolute atomic E-state index is 0.131. The van der Waals surface area contributed by atoms with Gasteiger partial charge < -0.3 is 9.32 Å². The van der Waals surface area contributed by atoms with Crippen molar-refractivity contribution in [2.24, 2.45) is 5.92 Å². The summed E-state index contributed by atoms with van der Waals surface area (Å²) in [5.74, 6) is 1.70. The molecule has 1 amide bonds. The third-order valence-corrected chi connectivity index (χ3v) is 5.42. The van der Waals surface area contributed by atoms with Gasteiger partial charge in [-0.3, -0.25) is 9.69 Å². The molecular weight excluding hydrogens is 310 g/mol. The molecule has 23 heavy (non-hydrogen) atoms. The first kappa shape index (κ1) is 14.9. The van der Waals surface area contributed by atoms with Gasteiger partial charge in [-0.2, -0.15) is 0 Å². The largest absolute Gasteiger partial charge is 0.469 e. The standard InChI is InChI=1S/C17H21N3O2S/c21-17(15-9-14(15)16-3-1-8-22-16)20-5-2-4-19(6-7-20)10-13-11-23-12-18-13/h1,3,8,11-12,14-15H,2,4-7,9-10H2/t14-,15-/m0/s1. The van der Waals surface area contributed by atoms with Crippen molar-refractivity contribution < 1.29 is 9.21 Å². The molecule has 122 valence electrons. The number of nitrogens with zero attached hydrogens (tertiary/aromatic N) is 3. The van der Waals surface area contributed by atoms with Gasteiger partial charge >= 0.3 is 0 Å². The minimum atomic E-state index is 0.131. The molecule has 2 fully saturated rings. The fourth-order valence-electron chi connectivity index (χ4n) is 3.41. The Kier molecular flexibility index (Phi) is 4.18. The second kappa shape index (κ2) is 6.45. The van der Waals surface area contributed by atoms with E-state index < -0.39 is 0 Å². The van der Waals surface area contributed by atoms with Crippen LogP contribution in [0.5, 0.6) is 0 Å². The van der Waals surface area contributed by atoms with E-state index in [4.69, 9.17) is 4.42 Å². The Morgan fingerprint density at radius 3 is 3.09 bits per heavy atom. The third kappa shape index (κ3) is 3.33. The molecule has 2 atom stereocenters. The molecule has 0 radical (unpaired) electrons. The van der Waals surface area contributed by atoms with E-state index in [1.54, 1.807) is 17.6 Å². The summed E-state index contributed by atoms with van der Waals surface area (Å²) in [4.78, 5) is 21.5. The molecule has 3 heterocycles. The number of rotatable bonds is 4. The van der Waals surface area contributed by atoms with Gasteiger partial charge in [0.2, 0.25) is 5.91 Å². The number of carbonyl (C=O) groups is 1. The van der Waals surface area contributed by atoms with Crippen molar-refractivity contribution >= 4 is 17.2 Å². The van der Waals surface area contributed by atoms with E-state index in [9.17, 15) is 4.79 Å². The smallest absolute Gasteiger partial charge is 0.226 e. The highest BCUT2D eigenvalue weighted by Gasteiger charge is 2.47. The lowest BCUT2D eigenvalue weighted by Gasteiger charge is -2.21. The van der Waals surface area contributed by atoms with Gasteiger partial charge in [-0.25, -0.2) is 4.98 Å². The zero-order valence-electron chi connectivity index (χ0n) is 13.1. The normalized spacial score (nSPS) is 25.3. The molecule has 1 saturated carbocycles. The van der Waals surface area contributed by atoms with Crippen LogP contribution in [0.1, 0.15) is 30.2 Å². The van der Waals surface area contributed by atoms with Gasteiger partial charge in [0, 0.05) is 49.9 Å². The van der Waals surface area contributed by atoms with E-state index in [2.05, 4.69) is 20.2 Å². The summed E-state index contributed by atoms with van der Waals surface area (Å²) >= 11 is 1.64. The molecule has 2 aromatic heterocycles. The Labute approximate surface area is 139 Å². The summed E-state index contributed by atoms with van der Waals surface area (Å²) in [7, 11) is 0. The van der Waals surface area contributed by atoms with Crippen LogP contribution < -0.4 is 0 Å². The number of furan rings is 1. The van der Waals surface area contributed by atoms with Gasteiger partial charge in [0.15, 0.2) is 0 Å². The van der Waals surface area contributed by atoms with Crippen LogP contribution in [0.4, 0.5) is 0 Å². The average molecular weight is 331 g/mol. The Morgan fingerprint density at radius 2 is 2.30 bits per heavy atom. The van der Waals surface area contributed by atoms with Crippen molar-refractivity contribution in [3.8, 4) is 0 Å². The van der Waals surface area contributed by atoms with Gasteiger partial charge in [-0.1, -0.05) is 0 Å². The molecular formula is C17H21N3O2S. The number of amides is 1. The van der Waals surface area contributed by atoms with Crippen molar-refractivity contribution in [2.75, 3.05) is 26.2 Å². The van der Waals surface area contributed by atoms with E-state index in [0.717, 1.165) is 57.0 Å². The summed E-state index contributed by atoms with van der Waals surface area (Å²) < 4.78 is 5.44. The zero-order valence-corrected chi connectivity index (χ0v) is 13.9. The van der Waals surface area contributed by atoms with Crippen LogP contribution in [0.25, 0.3) is 0 Å². The molecule has 0 aromatic carbocycles. The molecule has 4 rings (SSSR count). The average Bonchev–Trinajstić information content (AvgIpc) is 2.96. The van der Waals surface area contributed by atoms with E-state index >= 15 is 0 Å². The fourth-order valence-corrected chi connectivity index (χ4v) is 3.96. The topological polar surface area (TPSA) is 49.6 Å². The SMILES string of the molecule is O=C([C@H]1C[C@@H]1c1ccco1)N1CCCN(Cc2cscn2)CC1. The number of hydrogen-bond acceptors (Lipinski definition) is 5. The van der Waals surface area contributed by atoms with Crippen molar-refractivity contribution in [2.45, 2.75) is 25.3 Å². The van der Waals surface area contributed by atoms with Crippen molar-refractivity contribution in [3.05, 3.63) is 40.7 Å². The van der Waals surface area contributed by atoms with Gasteiger partial charge in [0.1, 0.15) is 5.76 Å². The summed E-state index contributed by atoms with van der Waals surface area (Å²) in [5.41, 5.74) is 3.01. The molecule has 2 aliphatic rings. The lowest BCUT2D eigenvalue weighted by Crippen LogP contribution is -2.36. The second-order valence-electron chi connectivity index (χ2n) is 6.40. The maximum Gasteiger partial charge on any atom is 0.226 e. The predicted octanol–water partition coefficient (Wildman–Crippen LogP) is 2.57. The maximum absolute atomic E-state index is 12.7. The summed E-state index contributed by atoms with van der Waals surface area (Å²) in [6, 6.07) is 3.88. The number of aromatic nitrogens is 1. The molecule has 1 saturated heterocycles. The molecule has 0 bridgehead atoms. The Bertz CT molecular complexity index is 641. The first-order valence-corrected chi connectivity index (χ1v) is 9.17. The second-order valence-corrected chi connectivity index (χ2v) is 7.12. The van der Waals surface area contributed by atoms with Crippen LogP contribution in [0.2, 0.25) is 0 Å². The predicted molar refractivity (Wildman–Crippen MR) is 88.1 cm³/mol.